The van der Waals surface area contributed by atoms with Gasteiger partial charge < -0.3 is 9.47 Å². The first-order valence-corrected chi connectivity index (χ1v) is 21.5. The number of nitrogens with zero attached hydrogens (tertiary/aromatic N) is 1. The molecule has 1 aromatic heterocycles. The summed E-state index contributed by atoms with van der Waals surface area (Å²) in [4.78, 5) is 5.37. The third-order valence-electron chi connectivity index (χ3n) is 9.39. The van der Waals surface area contributed by atoms with E-state index in [9.17, 15) is 0 Å². The van der Waals surface area contributed by atoms with Crippen molar-refractivity contribution in [2.75, 3.05) is 13.2 Å². The molecular formula is C47H67NO2S. The largest absolute Gasteiger partial charge is 0.494 e. The highest BCUT2D eigenvalue weighted by atomic mass is 32.1. The third kappa shape index (κ3) is 21.7. The summed E-state index contributed by atoms with van der Waals surface area (Å²) in [5, 5.41) is 0.771. The second-order valence-corrected chi connectivity index (χ2v) is 15.1. The lowest BCUT2D eigenvalue weighted by molar-refractivity contribution is 0.304. The lowest BCUT2D eigenvalue weighted by Gasteiger charge is -2.06. The summed E-state index contributed by atoms with van der Waals surface area (Å²) >= 11 is 1.52. The van der Waals surface area contributed by atoms with E-state index in [1.165, 1.54) is 153 Å². The number of thiazole rings is 1. The number of hydrogen-bond donors (Lipinski definition) is 0. The van der Waals surface area contributed by atoms with Gasteiger partial charge in [-0.25, -0.2) is 4.98 Å². The molecule has 0 aliphatic rings. The number of ether oxygens (including phenoxy) is 2. The molecule has 3 nitrogen and oxygen atoms in total. The molecule has 278 valence electrons. The Bertz CT molecular complexity index is 1280. The monoisotopic (exact) mass is 709 g/mol. The van der Waals surface area contributed by atoms with Gasteiger partial charge in [-0.15, -0.1) is 0 Å². The van der Waals surface area contributed by atoms with Gasteiger partial charge in [-0.1, -0.05) is 178 Å². The molecule has 0 unspecified atom stereocenters. The summed E-state index contributed by atoms with van der Waals surface area (Å²) in [5.74, 6) is 14.7. The van der Waals surface area contributed by atoms with Crippen LogP contribution in [0.2, 0.25) is 0 Å². The molecule has 3 aromatic rings. The molecule has 4 heteroatoms. The van der Waals surface area contributed by atoms with E-state index in [1.54, 1.807) is 6.20 Å². The summed E-state index contributed by atoms with van der Waals surface area (Å²) < 4.78 is 11.9. The highest BCUT2D eigenvalue weighted by Crippen LogP contribution is 2.17. The van der Waals surface area contributed by atoms with Crippen molar-refractivity contribution in [3.8, 4) is 35.2 Å². The molecule has 2 aromatic carbocycles. The highest BCUT2D eigenvalue weighted by Gasteiger charge is 2.00. The quantitative estimate of drug-likeness (QED) is 0.0555. The molecule has 3 rings (SSSR count). The summed E-state index contributed by atoms with van der Waals surface area (Å²) in [6.45, 7) is 6.13. The molecule has 0 aliphatic heterocycles. The first-order chi connectivity index (χ1) is 25.3. The number of benzene rings is 2. The van der Waals surface area contributed by atoms with Crippen LogP contribution in [0.25, 0.3) is 0 Å². The maximum Gasteiger partial charge on any atom is 0.168 e. The van der Waals surface area contributed by atoms with Crippen LogP contribution in [-0.4, -0.2) is 18.2 Å². The fraction of sp³-hybridized carbons (Fsp3) is 0.596. The molecule has 0 radical (unpaired) electrons. The van der Waals surface area contributed by atoms with E-state index in [4.69, 9.17) is 9.47 Å². The lowest BCUT2D eigenvalue weighted by atomic mass is 10.1. The van der Waals surface area contributed by atoms with Gasteiger partial charge in [0.1, 0.15) is 11.5 Å². The highest BCUT2D eigenvalue weighted by molar-refractivity contribution is 7.12. The standard InChI is InChI=1S/C47H67NO2S/c1-3-5-7-9-11-13-15-17-19-21-23-25-39-49-44-33-27-42(28-34-44)31-37-46-41-48-47(51-46)38-32-43-29-35-45(36-30-43)50-40-26-24-22-20-18-16-14-12-10-8-6-4-2/h27-30,33-36,41H,3-26,39-40H2,1-2H3. The van der Waals surface area contributed by atoms with Gasteiger partial charge in [-0.3, -0.25) is 0 Å². The summed E-state index contributed by atoms with van der Waals surface area (Å²) in [6.07, 6.45) is 34.3. The van der Waals surface area contributed by atoms with Gasteiger partial charge in [0.15, 0.2) is 5.01 Å². The molecule has 51 heavy (non-hydrogen) atoms. The van der Waals surface area contributed by atoms with Crippen molar-refractivity contribution < 1.29 is 9.47 Å². The van der Waals surface area contributed by atoms with Crippen molar-refractivity contribution in [3.05, 3.63) is 75.7 Å². The number of hydrogen-bond acceptors (Lipinski definition) is 4. The smallest absolute Gasteiger partial charge is 0.168 e. The number of aromatic nitrogens is 1. The molecular weight excluding hydrogens is 643 g/mol. The minimum atomic E-state index is 0.771. The predicted octanol–water partition coefficient (Wildman–Crippen LogP) is 14.1. The van der Waals surface area contributed by atoms with Gasteiger partial charge in [0.25, 0.3) is 0 Å². The molecule has 0 spiro atoms. The average Bonchev–Trinajstić information content (AvgIpc) is 3.62. The number of unbranched alkanes of at least 4 members (excludes halogenated alkanes) is 22. The topological polar surface area (TPSA) is 31.4 Å². The van der Waals surface area contributed by atoms with Gasteiger partial charge >= 0.3 is 0 Å². The van der Waals surface area contributed by atoms with Gasteiger partial charge in [-0.2, -0.15) is 0 Å². The molecule has 0 saturated carbocycles. The Hall–Kier alpha value is -3.21. The molecule has 0 aliphatic carbocycles. The van der Waals surface area contributed by atoms with Gasteiger partial charge in [-0.05, 0) is 73.2 Å². The predicted molar refractivity (Wildman–Crippen MR) is 220 cm³/mol. The van der Waals surface area contributed by atoms with E-state index in [2.05, 4.69) is 42.5 Å². The van der Waals surface area contributed by atoms with Crippen LogP contribution in [0.1, 0.15) is 189 Å². The first-order valence-electron chi connectivity index (χ1n) is 20.7. The summed E-state index contributed by atoms with van der Waals surface area (Å²) in [6, 6.07) is 16.2. The Morgan fingerprint density at radius 3 is 1.18 bits per heavy atom. The Balaban J connectivity index is 1.23. The molecule has 1 heterocycles. The van der Waals surface area contributed by atoms with E-state index >= 15 is 0 Å². The fourth-order valence-electron chi connectivity index (χ4n) is 6.18. The van der Waals surface area contributed by atoms with Crippen LogP contribution < -0.4 is 9.47 Å². The maximum atomic E-state index is 5.96. The first kappa shape index (κ1) is 42.2. The van der Waals surface area contributed by atoms with Crippen LogP contribution in [-0.2, 0) is 0 Å². The normalized spacial score (nSPS) is 10.7. The summed E-state index contributed by atoms with van der Waals surface area (Å²) in [5.41, 5.74) is 1.92. The van der Waals surface area contributed by atoms with Crippen molar-refractivity contribution in [1.82, 2.24) is 4.98 Å². The maximum absolute atomic E-state index is 5.96. The van der Waals surface area contributed by atoms with Crippen LogP contribution in [0.3, 0.4) is 0 Å². The molecule has 0 fully saturated rings. The zero-order valence-corrected chi connectivity index (χ0v) is 33.1. The Kier molecular flexibility index (Phi) is 24.3. The van der Waals surface area contributed by atoms with Crippen LogP contribution in [0, 0.1) is 23.7 Å². The van der Waals surface area contributed by atoms with Crippen LogP contribution in [0.5, 0.6) is 11.5 Å². The van der Waals surface area contributed by atoms with Crippen molar-refractivity contribution in [2.24, 2.45) is 0 Å². The number of rotatable bonds is 28. The Morgan fingerprint density at radius 2 is 0.784 bits per heavy atom. The van der Waals surface area contributed by atoms with E-state index in [1.807, 2.05) is 48.5 Å². The molecule has 0 N–H and O–H groups in total. The van der Waals surface area contributed by atoms with E-state index in [0.717, 1.165) is 58.6 Å². The zero-order chi connectivity index (χ0) is 35.9. The van der Waals surface area contributed by atoms with Crippen molar-refractivity contribution in [1.29, 1.82) is 0 Å². The average molecular weight is 710 g/mol. The van der Waals surface area contributed by atoms with Gasteiger partial charge in [0, 0.05) is 11.1 Å². The Labute approximate surface area is 316 Å². The lowest BCUT2D eigenvalue weighted by Crippen LogP contribution is -1.97. The van der Waals surface area contributed by atoms with Crippen molar-refractivity contribution in [2.45, 2.75) is 168 Å². The molecule has 0 bridgehead atoms. The van der Waals surface area contributed by atoms with Crippen molar-refractivity contribution >= 4 is 11.3 Å². The van der Waals surface area contributed by atoms with E-state index in [0.29, 0.717) is 0 Å². The van der Waals surface area contributed by atoms with Crippen LogP contribution in [0.15, 0.2) is 54.7 Å². The zero-order valence-electron chi connectivity index (χ0n) is 32.3. The second-order valence-electron chi connectivity index (χ2n) is 14.1. The van der Waals surface area contributed by atoms with Crippen LogP contribution >= 0.6 is 11.3 Å². The van der Waals surface area contributed by atoms with E-state index in [-0.39, 0.29) is 0 Å². The van der Waals surface area contributed by atoms with Crippen LogP contribution in [0.4, 0.5) is 0 Å². The fourth-order valence-corrected chi connectivity index (χ4v) is 6.81. The minimum Gasteiger partial charge on any atom is -0.494 e. The molecule has 0 saturated heterocycles. The third-order valence-corrected chi connectivity index (χ3v) is 10.2. The van der Waals surface area contributed by atoms with Gasteiger partial charge in [0.05, 0.1) is 24.3 Å². The Morgan fingerprint density at radius 1 is 0.431 bits per heavy atom. The van der Waals surface area contributed by atoms with Gasteiger partial charge in [0.2, 0.25) is 0 Å². The SMILES string of the molecule is CCCCCCCCCCCCCCOc1ccc(C#Cc2cnc(C#Cc3ccc(OCCCCCCCCCCCCCC)cc3)s2)cc1. The van der Waals surface area contributed by atoms with Crippen molar-refractivity contribution in [3.63, 3.8) is 0 Å². The van der Waals surface area contributed by atoms with E-state index < -0.39 is 0 Å². The molecule has 0 amide bonds. The second kappa shape index (κ2) is 29.4. The summed E-state index contributed by atoms with van der Waals surface area (Å²) in [7, 11) is 0. The molecule has 0 atom stereocenters. The minimum absolute atomic E-state index is 0.771.